The minimum absolute atomic E-state index is 0.960. The van der Waals surface area contributed by atoms with Crippen LogP contribution in [0.5, 0.6) is 0 Å². The summed E-state index contributed by atoms with van der Waals surface area (Å²) in [5, 5.41) is 77.7. The van der Waals surface area contributed by atoms with E-state index < -0.39 is 84.7 Å². The first-order valence-electron chi connectivity index (χ1n) is 7.86. The number of hydrogen-bond acceptors (Lipinski definition) is 14. The molecule has 2 heterocycles. The SMILES string of the molecule is O=S(=O)(O)O[C@]1(O[C@H]2[C@H](O)[C@@H](O)[C@H](O)O[C@@H]2CO)O[C@H](CO)[C@H](O)[C@H](O)[C@H]1O. The lowest BCUT2D eigenvalue weighted by Gasteiger charge is -2.49. The highest BCUT2D eigenvalue weighted by atomic mass is 32.3. The molecule has 2 aliphatic rings. The smallest absolute Gasteiger partial charge is 0.394 e. The minimum Gasteiger partial charge on any atom is -0.394 e. The summed E-state index contributed by atoms with van der Waals surface area (Å²) in [6.45, 7) is -2.00. The number of aliphatic hydroxyl groups excluding tert-OH is 8. The highest BCUT2D eigenvalue weighted by molar-refractivity contribution is 7.80. The molecule has 0 aromatic heterocycles. The Hall–Kier alpha value is -0.570. The zero-order valence-corrected chi connectivity index (χ0v) is 14.8. The second kappa shape index (κ2) is 8.66. The molecular formula is C12H22O15S. The van der Waals surface area contributed by atoms with Crippen molar-refractivity contribution in [3.63, 3.8) is 0 Å². The van der Waals surface area contributed by atoms with Crippen LogP contribution in [0.3, 0.4) is 0 Å². The van der Waals surface area contributed by atoms with Crippen molar-refractivity contribution in [3.05, 3.63) is 0 Å². The number of aliphatic hydroxyl groups is 8. The van der Waals surface area contributed by atoms with E-state index in [4.69, 9.17) is 18.8 Å². The van der Waals surface area contributed by atoms with Crippen molar-refractivity contribution in [2.24, 2.45) is 0 Å². The van der Waals surface area contributed by atoms with Crippen molar-refractivity contribution in [2.45, 2.75) is 61.1 Å². The summed E-state index contributed by atoms with van der Waals surface area (Å²) >= 11 is 0. The number of ether oxygens (including phenoxy) is 3. The summed E-state index contributed by atoms with van der Waals surface area (Å²) in [7, 11) is -5.49. The Labute approximate surface area is 157 Å². The van der Waals surface area contributed by atoms with Gasteiger partial charge in [-0.1, -0.05) is 0 Å². The average molecular weight is 438 g/mol. The highest BCUT2D eigenvalue weighted by Crippen LogP contribution is 2.37. The lowest BCUT2D eigenvalue weighted by molar-refractivity contribution is -0.462. The quantitative estimate of drug-likeness (QED) is 0.138. The number of rotatable bonds is 6. The van der Waals surface area contributed by atoms with Gasteiger partial charge < -0.3 is 55.1 Å². The van der Waals surface area contributed by atoms with Crippen molar-refractivity contribution in [3.8, 4) is 0 Å². The van der Waals surface area contributed by atoms with E-state index in [9.17, 15) is 49.3 Å². The van der Waals surface area contributed by atoms with Crippen LogP contribution in [-0.4, -0.2) is 128 Å². The first kappa shape index (κ1) is 23.7. The molecule has 16 heteroatoms. The van der Waals surface area contributed by atoms with Gasteiger partial charge in [-0.2, -0.15) is 12.6 Å². The fraction of sp³-hybridized carbons (Fsp3) is 1.00. The van der Waals surface area contributed by atoms with Crippen molar-refractivity contribution in [1.82, 2.24) is 0 Å². The third-order valence-corrected chi connectivity index (χ3v) is 4.72. The van der Waals surface area contributed by atoms with E-state index in [1.807, 2.05) is 0 Å². The van der Waals surface area contributed by atoms with Crippen LogP contribution in [0.4, 0.5) is 0 Å². The molecule has 0 radical (unpaired) electrons. The second-order valence-electron chi connectivity index (χ2n) is 6.19. The average Bonchev–Trinajstić information content (AvgIpc) is 2.62. The Morgan fingerprint density at radius 1 is 0.857 bits per heavy atom. The molecule has 15 nitrogen and oxygen atoms in total. The van der Waals surface area contributed by atoms with Gasteiger partial charge in [0.1, 0.15) is 42.7 Å². The predicted molar refractivity (Wildman–Crippen MR) is 80.2 cm³/mol. The molecule has 0 aliphatic carbocycles. The second-order valence-corrected chi connectivity index (χ2v) is 7.21. The molecule has 2 fully saturated rings. The molecule has 0 aromatic carbocycles. The van der Waals surface area contributed by atoms with Gasteiger partial charge in [-0.05, 0) is 0 Å². The van der Waals surface area contributed by atoms with Crippen LogP contribution < -0.4 is 0 Å². The van der Waals surface area contributed by atoms with Crippen molar-refractivity contribution in [2.75, 3.05) is 13.2 Å². The molecule has 2 aliphatic heterocycles. The van der Waals surface area contributed by atoms with Crippen LogP contribution in [0, 0.1) is 0 Å². The molecule has 166 valence electrons. The molecule has 2 rings (SSSR count). The summed E-state index contributed by atoms with van der Waals surface area (Å²) in [5.74, 6) is -3.36. The van der Waals surface area contributed by atoms with Crippen LogP contribution >= 0.6 is 0 Å². The van der Waals surface area contributed by atoms with Gasteiger partial charge in [0.05, 0.1) is 13.2 Å². The monoisotopic (exact) mass is 438 g/mol. The van der Waals surface area contributed by atoms with E-state index in [1.165, 1.54) is 0 Å². The summed E-state index contributed by atoms with van der Waals surface area (Å²) < 4.78 is 50.5. The fourth-order valence-electron chi connectivity index (χ4n) is 2.85. The molecule has 0 aromatic rings. The van der Waals surface area contributed by atoms with Crippen LogP contribution in [-0.2, 0) is 28.8 Å². The van der Waals surface area contributed by atoms with E-state index in [0.717, 1.165) is 0 Å². The summed E-state index contributed by atoms with van der Waals surface area (Å²) in [6.07, 6.45) is -18.2. The van der Waals surface area contributed by atoms with E-state index in [0.29, 0.717) is 0 Å². The third-order valence-electron chi connectivity index (χ3n) is 4.27. The zero-order valence-electron chi connectivity index (χ0n) is 14.0. The first-order chi connectivity index (χ1) is 12.9. The normalized spacial score (nSPS) is 47.8. The molecule has 0 unspecified atom stereocenters. The topological polar surface area (TPSA) is 253 Å². The molecule has 0 bridgehead atoms. The molecular weight excluding hydrogens is 416 g/mol. The molecule has 0 saturated carbocycles. The summed E-state index contributed by atoms with van der Waals surface area (Å²) in [6, 6.07) is 0. The Morgan fingerprint density at radius 3 is 1.93 bits per heavy atom. The standard InChI is InChI=1S/C12H22O15S/c13-1-3-5(15)7(17)10(19)12(25-3,27-28(21,22)23)26-9-4(2-14)24-11(20)8(18)6(9)16/h3-11,13-20H,1-2H2,(H,21,22,23)/t3-,4-,5+,6-,7+,8-,9-,10-,11-,12+/m1/s1. The molecule has 28 heavy (non-hydrogen) atoms. The van der Waals surface area contributed by atoms with Gasteiger partial charge in [0.25, 0.3) is 0 Å². The van der Waals surface area contributed by atoms with Gasteiger partial charge in [0.2, 0.25) is 0 Å². The minimum atomic E-state index is -5.49. The van der Waals surface area contributed by atoms with Crippen LogP contribution in [0.15, 0.2) is 0 Å². The molecule has 10 atom stereocenters. The van der Waals surface area contributed by atoms with E-state index in [2.05, 4.69) is 4.18 Å². The van der Waals surface area contributed by atoms with Crippen molar-refractivity contribution >= 4 is 10.4 Å². The highest BCUT2D eigenvalue weighted by Gasteiger charge is 2.61. The van der Waals surface area contributed by atoms with Gasteiger partial charge >= 0.3 is 16.4 Å². The Morgan fingerprint density at radius 2 is 1.43 bits per heavy atom. The van der Waals surface area contributed by atoms with E-state index in [-0.39, 0.29) is 0 Å². The molecule has 9 N–H and O–H groups in total. The third kappa shape index (κ3) is 4.60. The lowest BCUT2D eigenvalue weighted by Crippen LogP contribution is -2.71. The summed E-state index contributed by atoms with van der Waals surface area (Å²) in [5.41, 5.74) is 0. The maximum absolute atomic E-state index is 11.2. The Kier molecular flexibility index (Phi) is 7.33. The van der Waals surface area contributed by atoms with Crippen molar-refractivity contribution in [1.29, 1.82) is 0 Å². The van der Waals surface area contributed by atoms with E-state index in [1.54, 1.807) is 0 Å². The Balaban J connectivity index is 2.45. The maximum Gasteiger partial charge on any atom is 0.402 e. The lowest BCUT2D eigenvalue weighted by atomic mass is 9.96. The van der Waals surface area contributed by atoms with Crippen LogP contribution in [0.1, 0.15) is 0 Å². The van der Waals surface area contributed by atoms with Crippen molar-refractivity contribution < 1.29 is 72.2 Å². The fourth-order valence-corrected chi connectivity index (χ4v) is 3.32. The van der Waals surface area contributed by atoms with Gasteiger partial charge in [-0.25, -0.2) is 0 Å². The van der Waals surface area contributed by atoms with E-state index >= 15 is 0 Å². The predicted octanol–water partition coefficient (Wildman–Crippen LogP) is -6.25. The van der Waals surface area contributed by atoms with Gasteiger partial charge in [0, 0.05) is 0 Å². The molecule has 2 saturated heterocycles. The number of hydrogen-bond donors (Lipinski definition) is 9. The Bertz CT molecular complexity index is 625. The maximum atomic E-state index is 11.2. The summed E-state index contributed by atoms with van der Waals surface area (Å²) in [4.78, 5) is 0. The zero-order chi connectivity index (χ0) is 21.4. The first-order valence-corrected chi connectivity index (χ1v) is 9.22. The van der Waals surface area contributed by atoms with Crippen LogP contribution in [0.25, 0.3) is 0 Å². The van der Waals surface area contributed by atoms with Gasteiger partial charge in [-0.15, -0.1) is 0 Å². The molecule has 0 spiro atoms. The largest absolute Gasteiger partial charge is 0.402 e. The van der Waals surface area contributed by atoms with Crippen LogP contribution in [0.2, 0.25) is 0 Å². The van der Waals surface area contributed by atoms with Gasteiger partial charge in [-0.3, -0.25) is 4.55 Å². The molecule has 0 amide bonds. The van der Waals surface area contributed by atoms with Gasteiger partial charge in [0.15, 0.2) is 12.4 Å².